The quantitative estimate of drug-likeness (QED) is 0.747. The average Bonchev–Trinajstić information content (AvgIpc) is 3.25. The summed E-state index contributed by atoms with van der Waals surface area (Å²) in [7, 11) is 0. The number of benzene rings is 1. The summed E-state index contributed by atoms with van der Waals surface area (Å²) < 4.78 is 4.95. The number of anilines is 1. The van der Waals surface area contributed by atoms with E-state index in [1.54, 1.807) is 6.07 Å². The molecule has 122 valence electrons. The van der Waals surface area contributed by atoms with E-state index in [0.717, 1.165) is 11.3 Å². The molecule has 6 nitrogen and oxygen atoms in total. The molecule has 2 heterocycles. The van der Waals surface area contributed by atoms with Crippen molar-refractivity contribution in [3.63, 3.8) is 0 Å². The van der Waals surface area contributed by atoms with Crippen molar-refractivity contribution in [1.82, 2.24) is 10.3 Å². The van der Waals surface area contributed by atoms with Gasteiger partial charge in [-0.15, -0.1) is 11.3 Å². The number of rotatable bonds is 5. The number of furan rings is 1. The van der Waals surface area contributed by atoms with Gasteiger partial charge in [-0.05, 0) is 19.1 Å². The smallest absolute Gasteiger partial charge is 0.287 e. The van der Waals surface area contributed by atoms with Gasteiger partial charge in [0.05, 0.1) is 18.5 Å². The van der Waals surface area contributed by atoms with E-state index in [2.05, 4.69) is 15.6 Å². The minimum absolute atomic E-state index is 0.154. The topological polar surface area (TPSA) is 84.2 Å². The molecule has 0 aliphatic carbocycles. The number of aromatic nitrogens is 1. The van der Waals surface area contributed by atoms with E-state index < -0.39 is 5.91 Å². The first kappa shape index (κ1) is 15.9. The van der Waals surface area contributed by atoms with Crippen molar-refractivity contribution in [2.75, 3.05) is 11.9 Å². The highest BCUT2D eigenvalue weighted by Gasteiger charge is 2.12. The normalized spacial score (nSPS) is 10.4. The molecular formula is C17H15N3O3S. The summed E-state index contributed by atoms with van der Waals surface area (Å²) >= 11 is 1.33. The van der Waals surface area contributed by atoms with Gasteiger partial charge < -0.3 is 15.1 Å². The third-order valence-corrected chi connectivity index (χ3v) is 4.01. The Labute approximate surface area is 142 Å². The zero-order valence-corrected chi connectivity index (χ0v) is 13.7. The van der Waals surface area contributed by atoms with Crippen molar-refractivity contribution in [3.05, 3.63) is 59.4 Å². The molecule has 3 rings (SSSR count). The molecular weight excluding hydrogens is 326 g/mol. The summed E-state index contributed by atoms with van der Waals surface area (Å²) in [6.45, 7) is 1.87. The van der Waals surface area contributed by atoms with Crippen molar-refractivity contribution in [2.24, 2.45) is 0 Å². The van der Waals surface area contributed by atoms with Gasteiger partial charge in [-0.3, -0.25) is 9.59 Å². The third-order valence-electron chi connectivity index (χ3n) is 3.25. The lowest BCUT2D eigenvalue weighted by Gasteiger charge is -2.03. The summed E-state index contributed by atoms with van der Waals surface area (Å²) in [5.74, 6) is -0.618. The molecule has 0 unspecified atom stereocenters. The Morgan fingerprint density at radius 1 is 1.21 bits per heavy atom. The molecule has 0 fully saturated rings. The van der Waals surface area contributed by atoms with Crippen LogP contribution < -0.4 is 10.6 Å². The van der Waals surface area contributed by atoms with Crippen molar-refractivity contribution < 1.29 is 14.0 Å². The van der Waals surface area contributed by atoms with Gasteiger partial charge >= 0.3 is 0 Å². The summed E-state index contributed by atoms with van der Waals surface area (Å²) in [6.07, 6.45) is 1.40. The van der Waals surface area contributed by atoms with E-state index in [0.29, 0.717) is 5.13 Å². The molecule has 2 N–H and O–H groups in total. The highest BCUT2D eigenvalue weighted by molar-refractivity contribution is 7.14. The standard InChI is InChI=1S/C17H15N3O3S/c1-11-4-6-12(7-5-11)13-10-24-17(19-13)20-15(21)9-18-16(22)14-3-2-8-23-14/h2-8,10H,9H2,1H3,(H,18,22)(H,19,20,21). The number of hydrogen-bond donors (Lipinski definition) is 2. The second-order valence-electron chi connectivity index (χ2n) is 5.11. The number of carbonyl (C=O) groups excluding carboxylic acids is 2. The summed E-state index contributed by atoms with van der Waals surface area (Å²) in [6, 6.07) is 11.1. The first-order valence-electron chi connectivity index (χ1n) is 7.26. The van der Waals surface area contributed by atoms with Crippen molar-refractivity contribution in [3.8, 4) is 11.3 Å². The number of nitrogens with zero attached hydrogens (tertiary/aromatic N) is 1. The van der Waals surface area contributed by atoms with Gasteiger partial charge in [-0.2, -0.15) is 0 Å². The Kier molecular flexibility index (Phi) is 4.72. The van der Waals surface area contributed by atoms with Crippen molar-refractivity contribution in [2.45, 2.75) is 6.92 Å². The van der Waals surface area contributed by atoms with Gasteiger partial charge in [0.15, 0.2) is 10.9 Å². The largest absolute Gasteiger partial charge is 0.459 e. The fourth-order valence-corrected chi connectivity index (χ4v) is 2.74. The fraction of sp³-hybridized carbons (Fsp3) is 0.118. The van der Waals surface area contributed by atoms with Crippen LogP contribution in [-0.2, 0) is 4.79 Å². The molecule has 0 saturated heterocycles. The molecule has 0 saturated carbocycles. The first-order chi connectivity index (χ1) is 11.6. The molecule has 2 aromatic heterocycles. The average molecular weight is 341 g/mol. The lowest BCUT2D eigenvalue weighted by atomic mass is 10.1. The number of aryl methyl sites for hydroxylation is 1. The van der Waals surface area contributed by atoms with Crippen LogP contribution in [0.2, 0.25) is 0 Å². The Balaban J connectivity index is 1.55. The highest BCUT2D eigenvalue weighted by atomic mass is 32.1. The van der Waals surface area contributed by atoms with Crippen molar-refractivity contribution in [1.29, 1.82) is 0 Å². The van der Waals surface area contributed by atoms with Crippen LogP contribution in [0.25, 0.3) is 11.3 Å². The Morgan fingerprint density at radius 2 is 2.00 bits per heavy atom. The van der Waals surface area contributed by atoms with Crippen LogP contribution in [0.15, 0.2) is 52.5 Å². The van der Waals surface area contributed by atoms with Crippen molar-refractivity contribution >= 4 is 28.3 Å². The predicted molar refractivity (Wildman–Crippen MR) is 92.0 cm³/mol. The maximum atomic E-state index is 11.9. The number of carbonyl (C=O) groups is 2. The second kappa shape index (κ2) is 7.10. The Hall–Kier alpha value is -2.93. The highest BCUT2D eigenvalue weighted by Crippen LogP contribution is 2.24. The van der Waals surface area contributed by atoms with Gasteiger partial charge in [-0.25, -0.2) is 4.98 Å². The van der Waals surface area contributed by atoms with Gasteiger partial charge in [-0.1, -0.05) is 29.8 Å². The minimum atomic E-state index is -0.436. The van der Waals surface area contributed by atoms with Gasteiger partial charge in [0, 0.05) is 10.9 Å². The van der Waals surface area contributed by atoms with E-state index in [9.17, 15) is 9.59 Å². The van der Waals surface area contributed by atoms with Crippen LogP contribution in [0.4, 0.5) is 5.13 Å². The number of nitrogens with one attached hydrogen (secondary N) is 2. The molecule has 7 heteroatoms. The van der Waals surface area contributed by atoms with Crippen LogP contribution in [-0.4, -0.2) is 23.3 Å². The zero-order valence-electron chi connectivity index (χ0n) is 12.9. The van der Waals surface area contributed by atoms with Crippen LogP contribution in [0.1, 0.15) is 16.1 Å². The third kappa shape index (κ3) is 3.88. The van der Waals surface area contributed by atoms with Gasteiger partial charge in [0.2, 0.25) is 5.91 Å². The second-order valence-corrected chi connectivity index (χ2v) is 5.97. The molecule has 2 amide bonds. The number of thiazole rings is 1. The van der Waals surface area contributed by atoms with Gasteiger partial charge in [0.25, 0.3) is 5.91 Å². The first-order valence-corrected chi connectivity index (χ1v) is 8.14. The molecule has 0 aliphatic rings. The monoisotopic (exact) mass is 341 g/mol. The van der Waals surface area contributed by atoms with E-state index in [1.807, 2.05) is 36.6 Å². The zero-order chi connectivity index (χ0) is 16.9. The maximum Gasteiger partial charge on any atom is 0.287 e. The Morgan fingerprint density at radius 3 is 2.71 bits per heavy atom. The lowest BCUT2D eigenvalue weighted by molar-refractivity contribution is -0.115. The van der Waals surface area contributed by atoms with Gasteiger partial charge in [0.1, 0.15) is 0 Å². The van der Waals surface area contributed by atoms with Crippen LogP contribution >= 0.6 is 11.3 Å². The lowest BCUT2D eigenvalue weighted by Crippen LogP contribution is -2.32. The molecule has 0 atom stereocenters. The van der Waals surface area contributed by atoms with E-state index >= 15 is 0 Å². The van der Waals surface area contributed by atoms with Crippen LogP contribution in [0.3, 0.4) is 0 Å². The van der Waals surface area contributed by atoms with Crippen LogP contribution in [0.5, 0.6) is 0 Å². The number of amides is 2. The molecule has 24 heavy (non-hydrogen) atoms. The van der Waals surface area contributed by atoms with E-state index in [4.69, 9.17) is 4.42 Å². The molecule has 0 bridgehead atoms. The summed E-state index contributed by atoms with van der Waals surface area (Å²) in [5.41, 5.74) is 2.97. The number of hydrogen-bond acceptors (Lipinski definition) is 5. The molecule has 0 spiro atoms. The van der Waals surface area contributed by atoms with E-state index in [-0.39, 0.29) is 18.2 Å². The maximum absolute atomic E-state index is 11.9. The predicted octanol–water partition coefficient (Wildman–Crippen LogP) is 3.08. The van der Waals surface area contributed by atoms with E-state index in [1.165, 1.54) is 29.2 Å². The molecule has 1 aromatic carbocycles. The molecule has 3 aromatic rings. The SMILES string of the molecule is Cc1ccc(-c2csc(NC(=O)CNC(=O)c3ccco3)n2)cc1. The minimum Gasteiger partial charge on any atom is -0.459 e. The molecule has 0 radical (unpaired) electrons. The Bertz CT molecular complexity index is 838. The molecule has 0 aliphatic heterocycles. The summed E-state index contributed by atoms with van der Waals surface area (Å²) in [5, 5.41) is 7.51. The fourth-order valence-electron chi connectivity index (χ4n) is 2.01. The van der Waals surface area contributed by atoms with Crippen LogP contribution in [0, 0.1) is 6.92 Å². The summed E-state index contributed by atoms with van der Waals surface area (Å²) in [4.78, 5) is 28.0.